The molecule has 3 aromatic heterocycles. The zero-order chi connectivity index (χ0) is 26.7. The monoisotopic (exact) mass is 522 g/mol. The highest BCUT2D eigenvalue weighted by Crippen LogP contribution is 2.51. The van der Waals surface area contributed by atoms with Gasteiger partial charge in [-0.2, -0.15) is 0 Å². The average molecular weight is 523 g/mol. The number of rotatable bonds is 3. The van der Waals surface area contributed by atoms with Crippen LogP contribution in [0.5, 0.6) is 0 Å². The Morgan fingerprint density at radius 1 is 0.463 bits per heavy atom. The fourth-order valence-corrected chi connectivity index (χ4v) is 7.25. The second-order valence-electron chi connectivity index (χ2n) is 10.9. The molecule has 0 radical (unpaired) electrons. The molecule has 0 fully saturated rings. The van der Waals surface area contributed by atoms with Crippen molar-refractivity contribution < 1.29 is 4.42 Å². The Morgan fingerprint density at radius 2 is 1.12 bits per heavy atom. The van der Waals surface area contributed by atoms with Crippen LogP contribution in [0, 0.1) is 0 Å². The summed E-state index contributed by atoms with van der Waals surface area (Å²) in [6.45, 7) is 0. The molecule has 0 saturated heterocycles. The van der Waals surface area contributed by atoms with Crippen LogP contribution in [0.4, 0.5) is 17.1 Å². The van der Waals surface area contributed by atoms with Gasteiger partial charge in [-0.1, -0.05) is 84.9 Å². The summed E-state index contributed by atoms with van der Waals surface area (Å²) in [5.41, 5.74) is 8.76. The minimum Gasteiger partial charge on any atom is -0.456 e. The molecule has 0 N–H and O–H groups in total. The van der Waals surface area contributed by atoms with Crippen LogP contribution in [0.3, 0.4) is 0 Å². The predicted molar refractivity (Wildman–Crippen MR) is 172 cm³/mol. The van der Waals surface area contributed by atoms with Crippen molar-refractivity contribution in [1.82, 2.24) is 4.40 Å². The van der Waals surface area contributed by atoms with Gasteiger partial charge in [0, 0.05) is 44.4 Å². The fraction of sp³-hybridized carbons (Fsp3) is 0. The molecule has 7 aromatic carbocycles. The van der Waals surface area contributed by atoms with E-state index in [-0.39, 0.29) is 0 Å². The van der Waals surface area contributed by atoms with Crippen LogP contribution in [0.15, 0.2) is 138 Å². The van der Waals surface area contributed by atoms with Crippen LogP contribution < -0.4 is 4.90 Å². The molecule has 3 heteroatoms. The highest BCUT2D eigenvalue weighted by molar-refractivity contribution is 6.38. The lowest BCUT2D eigenvalue weighted by molar-refractivity contribution is 0.669. The number of aromatic nitrogens is 1. The molecule has 3 heterocycles. The van der Waals surface area contributed by atoms with E-state index < -0.39 is 0 Å². The Bertz CT molecular complexity index is 2530. The maximum Gasteiger partial charge on any atom is 0.139 e. The van der Waals surface area contributed by atoms with Crippen LogP contribution >= 0.6 is 0 Å². The summed E-state index contributed by atoms with van der Waals surface area (Å²) in [7, 11) is 0. The average Bonchev–Trinajstić information content (AvgIpc) is 3.53. The largest absolute Gasteiger partial charge is 0.456 e. The number of furan rings is 1. The molecule has 0 saturated carbocycles. The standard InChI is InChI=1S/C38H22N2O/c1-3-11-25(12-4-1)39(26-13-5-2-6-14-26)30-22-32-37-36-31(41-32)21-20-24-19-18-23-10-9-17-29(33(23)34(24)36)40-28-16-8-7-15-27(28)35(30)38(37)40/h1-22H. The molecule has 0 amide bonds. The van der Waals surface area contributed by atoms with Crippen LogP contribution in [-0.2, 0) is 0 Å². The lowest BCUT2D eigenvalue weighted by Crippen LogP contribution is -2.10. The van der Waals surface area contributed by atoms with Gasteiger partial charge in [-0.15, -0.1) is 0 Å². The van der Waals surface area contributed by atoms with E-state index in [2.05, 4.69) is 143 Å². The Kier molecular flexibility index (Phi) is 3.93. The SMILES string of the molecule is c1ccc(N(c2ccccc2)c2cc3oc4ccc5ccc6cccc7c6c5c4c3c3c2c2ccccc2n73)cc1. The van der Waals surface area contributed by atoms with Crippen molar-refractivity contribution in [2.75, 3.05) is 4.90 Å². The number of anilines is 3. The van der Waals surface area contributed by atoms with E-state index in [0.29, 0.717) is 0 Å². The number of nitrogens with zero attached hydrogens (tertiary/aromatic N) is 2. The van der Waals surface area contributed by atoms with Gasteiger partial charge in [0.25, 0.3) is 0 Å². The normalized spacial score (nSPS) is 12.4. The molecule has 0 bridgehead atoms. The van der Waals surface area contributed by atoms with Gasteiger partial charge in [0.15, 0.2) is 0 Å². The quantitative estimate of drug-likeness (QED) is 0.215. The summed E-state index contributed by atoms with van der Waals surface area (Å²) in [6, 6.07) is 47.9. The Labute approximate surface area is 234 Å². The zero-order valence-corrected chi connectivity index (χ0v) is 22.0. The lowest BCUT2D eigenvalue weighted by atomic mass is 9.96. The summed E-state index contributed by atoms with van der Waals surface area (Å²) >= 11 is 0. The molecule has 10 aromatic rings. The molecular weight excluding hydrogens is 500 g/mol. The molecule has 0 aliphatic carbocycles. The first-order valence-electron chi connectivity index (χ1n) is 14.0. The summed E-state index contributed by atoms with van der Waals surface area (Å²) in [5.74, 6) is 0. The number of para-hydroxylation sites is 3. The predicted octanol–water partition coefficient (Wildman–Crippen LogP) is 10.8. The number of fused-ring (bicyclic) bond motifs is 4. The molecule has 41 heavy (non-hydrogen) atoms. The molecule has 0 aliphatic rings. The van der Waals surface area contributed by atoms with E-state index in [1.54, 1.807) is 0 Å². The molecule has 0 atom stereocenters. The van der Waals surface area contributed by atoms with Crippen LogP contribution in [0.25, 0.3) is 70.8 Å². The smallest absolute Gasteiger partial charge is 0.139 e. The van der Waals surface area contributed by atoms with Gasteiger partial charge in [0.1, 0.15) is 11.2 Å². The Morgan fingerprint density at radius 3 is 1.90 bits per heavy atom. The Hall–Kier alpha value is -5.54. The molecule has 0 spiro atoms. The van der Waals surface area contributed by atoms with Crippen LogP contribution in [0.2, 0.25) is 0 Å². The van der Waals surface area contributed by atoms with Crippen molar-refractivity contribution in [2.45, 2.75) is 0 Å². The summed E-state index contributed by atoms with van der Waals surface area (Å²) in [5, 5.41) is 9.89. The van der Waals surface area contributed by atoms with E-state index in [1.165, 1.54) is 59.6 Å². The number of hydrogen-bond donors (Lipinski definition) is 0. The Balaban J connectivity index is 1.54. The first-order chi connectivity index (χ1) is 20.4. The van der Waals surface area contributed by atoms with E-state index in [9.17, 15) is 0 Å². The third kappa shape index (κ3) is 2.63. The summed E-state index contributed by atoms with van der Waals surface area (Å²) in [4.78, 5) is 2.37. The van der Waals surface area contributed by atoms with Crippen molar-refractivity contribution in [3.8, 4) is 0 Å². The van der Waals surface area contributed by atoms with Crippen molar-refractivity contribution in [2.24, 2.45) is 0 Å². The lowest BCUT2D eigenvalue weighted by Gasteiger charge is -2.26. The van der Waals surface area contributed by atoms with Gasteiger partial charge < -0.3 is 13.7 Å². The van der Waals surface area contributed by atoms with Gasteiger partial charge in [-0.25, -0.2) is 0 Å². The van der Waals surface area contributed by atoms with Gasteiger partial charge in [0.2, 0.25) is 0 Å². The molecular formula is C38H22N2O. The fourth-order valence-electron chi connectivity index (χ4n) is 7.25. The first kappa shape index (κ1) is 21.3. The molecule has 190 valence electrons. The van der Waals surface area contributed by atoms with Crippen molar-refractivity contribution >= 4 is 87.9 Å². The molecule has 0 unspecified atom stereocenters. The molecule has 10 rings (SSSR count). The zero-order valence-electron chi connectivity index (χ0n) is 22.0. The summed E-state index contributed by atoms with van der Waals surface area (Å²) in [6.07, 6.45) is 0. The van der Waals surface area contributed by atoms with Crippen molar-refractivity contribution in [1.29, 1.82) is 0 Å². The minimum absolute atomic E-state index is 0.903. The van der Waals surface area contributed by atoms with Crippen LogP contribution in [-0.4, -0.2) is 4.40 Å². The third-order valence-electron chi connectivity index (χ3n) is 8.83. The summed E-state index contributed by atoms with van der Waals surface area (Å²) < 4.78 is 9.25. The second kappa shape index (κ2) is 7.56. The third-order valence-corrected chi connectivity index (χ3v) is 8.83. The highest BCUT2D eigenvalue weighted by Gasteiger charge is 2.27. The van der Waals surface area contributed by atoms with Gasteiger partial charge in [-0.3, -0.25) is 0 Å². The second-order valence-corrected chi connectivity index (χ2v) is 10.9. The number of benzene rings is 7. The van der Waals surface area contributed by atoms with Gasteiger partial charge >= 0.3 is 0 Å². The topological polar surface area (TPSA) is 20.8 Å². The van der Waals surface area contributed by atoms with E-state index in [4.69, 9.17) is 4.42 Å². The van der Waals surface area contributed by atoms with Gasteiger partial charge in [-0.05, 0) is 53.2 Å². The van der Waals surface area contributed by atoms with E-state index in [0.717, 1.165) is 28.2 Å². The van der Waals surface area contributed by atoms with Crippen molar-refractivity contribution in [3.05, 3.63) is 133 Å². The molecule has 3 nitrogen and oxygen atoms in total. The van der Waals surface area contributed by atoms with E-state index in [1.807, 2.05) is 0 Å². The van der Waals surface area contributed by atoms with E-state index >= 15 is 0 Å². The molecule has 0 aliphatic heterocycles. The van der Waals surface area contributed by atoms with Crippen LogP contribution in [0.1, 0.15) is 0 Å². The minimum atomic E-state index is 0.903. The maximum atomic E-state index is 6.76. The first-order valence-corrected chi connectivity index (χ1v) is 14.0. The van der Waals surface area contributed by atoms with Crippen molar-refractivity contribution in [3.63, 3.8) is 0 Å². The van der Waals surface area contributed by atoms with Gasteiger partial charge in [0.05, 0.1) is 27.6 Å². The highest BCUT2D eigenvalue weighted by atomic mass is 16.3. The number of hydrogen-bond acceptors (Lipinski definition) is 2. The maximum absolute atomic E-state index is 6.76.